The summed E-state index contributed by atoms with van der Waals surface area (Å²) in [6.07, 6.45) is 1.58. The maximum Gasteiger partial charge on any atom is 0.417 e. The second kappa shape index (κ2) is 6.29. The SMILES string of the molecule is CC(C)(C)OC(=O)N1CCc2nc3ccc4ncn5c6ccc(Cl)cc6c(c2C1=O)c3c45. The maximum atomic E-state index is 13.7. The molecule has 0 spiro atoms. The summed E-state index contributed by atoms with van der Waals surface area (Å²) in [5, 5.41) is 2.97. The van der Waals surface area contributed by atoms with Crippen molar-refractivity contribution in [2.45, 2.75) is 32.8 Å². The molecule has 0 atom stereocenters. The second-order valence-corrected chi connectivity index (χ2v) is 9.54. The van der Waals surface area contributed by atoms with Gasteiger partial charge in [-0.1, -0.05) is 11.6 Å². The third-order valence-corrected chi connectivity index (χ3v) is 6.10. The first-order valence-electron chi connectivity index (χ1n) is 10.4. The van der Waals surface area contributed by atoms with Crippen LogP contribution in [0.3, 0.4) is 0 Å². The van der Waals surface area contributed by atoms with Crippen molar-refractivity contribution in [3.05, 3.63) is 52.9 Å². The molecule has 7 nitrogen and oxygen atoms in total. The Hall–Kier alpha value is -3.45. The monoisotopic (exact) mass is 446 g/mol. The minimum absolute atomic E-state index is 0.223. The topological polar surface area (TPSA) is 76.8 Å². The molecule has 0 saturated heterocycles. The molecule has 8 heteroatoms. The van der Waals surface area contributed by atoms with Gasteiger partial charge in [0, 0.05) is 34.1 Å². The van der Waals surface area contributed by atoms with E-state index in [-0.39, 0.29) is 6.54 Å². The van der Waals surface area contributed by atoms with Gasteiger partial charge in [0.2, 0.25) is 0 Å². The highest BCUT2D eigenvalue weighted by molar-refractivity contribution is 6.33. The molecule has 1 aliphatic rings. The van der Waals surface area contributed by atoms with Gasteiger partial charge >= 0.3 is 6.09 Å². The summed E-state index contributed by atoms with van der Waals surface area (Å²) in [5.41, 5.74) is 3.78. The number of amides is 2. The lowest BCUT2D eigenvalue weighted by atomic mass is 9.93. The van der Waals surface area contributed by atoms with Gasteiger partial charge in [-0.25, -0.2) is 14.7 Å². The van der Waals surface area contributed by atoms with Crippen molar-refractivity contribution in [2.75, 3.05) is 6.54 Å². The van der Waals surface area contributed by atoms with Crippen LogP contribution in [0.5, 0.6) is 0 Å². The number of pyridine rings is 2. The fourth-order valence-electron chi connectivity index (χ4n) is 4.63. The molecule has 0 saturated carbocycles. The number of halogens is 1. The van der Waals surface area contributed by atoms with Crippen LogP contribution >= 0.6 is 11.6 Å². The summed E-state index contributed by atoms with van der Waals surface area (Å²) in [6.45, 7) is 5.56. The smallest absolute Gasteiger partial charge is 0.417 e. The third kappa shape index (κ3) is 2.61. The molecule has 6 rings (SSSR count). The summed E-state index contributed by atoms with van der Waals surface area (Å²) in [4.78, 5) is 37.0. The number of fused-ring (bicyclic) bond motifs is 5. The summed E-state index contributed by atoms with van der Waals surface area (Å²) in [7, 11) is 0. The Morgan fingerprint density at radius 3 is 2.69 bits per heavy atom. The normalized spacial score (nSPS) is 14.8. The van der Waals surface area contributed by atoms with Crippen LogP contribution in [0.1, 0.15) is 36.8 Å². The van der Waals surface area contributed by atoms with Crippen LogP contribution in [-0.2, 0) is 11.2 Å². The number of carbonyl (C=O) groups excluding carboxylic acids is 2. The molecule has 5 aromatic rings. The highest BCUT2D eigenvalue weighted by Gasteiger charge is 2.36. The molecule has 0 radical (unpaired) electrons. The lowest BCUT2D eigenvalue weighted by Crippen LogP contribution is -2.45. The highest BCUT2D eigenvalue weighted by atomic mass is 35.5. The lowest BCUT2D eigenvalue weighted by molar-refractivity contribution is 0.0233. The van der Waals surface area contributed by atoms with Crippen LogP contribution in [0.2, 0.25) is 5.02 Å². The van der Waals surface area contributed by atoms with Crippen molar-refractivity contribution in [3.8, 4) is 0 Å². The largest absolute Gasteiger partial charge is 0.443 e. The van der Waals surface area contributed by atoms with E-state index in [0.29, 0.717) is 22.7 Å². The number of nitrogens with zero attached hydrogens (tertiary/aromatic N) is 4. The number of hydrogen-bond donors (Lipinski definition) is 0. The van der Waals surface area contributed by atoms with Crippen LogP contribution < -0.4 is 0 Å². The van der Waals surface area contributed by atoms with E-state index >= 15 is 0 Å². The molecular weight excluding hydrogens is 428 g/mol. The second-order valence-electron chi connectivity index (χ2n) is 9.10. The number of hydrogen-bond acceptors (Lipinski definition) is 5. The van der Waals surface area contributed by atoms with E-state index in [9.17, 15) is 9.59 Å². The minimum atomic E-state index is -0.702. The van der Waals surface area contributed by atoms with Gasteiger partial charge in [-0.05, 0) is 51.1 Å². The van der Waals surface area contributed by atoms with Gasteiger partial charge in [0.15, 0.2) is 0 Å². The van der Waals surface area contributed by atoms with Gasteiger partial charge < -0.3 is 4.74 Å². The van der Waals surface area contributed by atoms with E-state index in [1.165, 1.54) is 4.90 Å². The van der Waals surface area contributed by atoms with Crippen LogP contribution in [0.15, 0.2) is 36.7 Å². The van der Waals surface area contributed by atoms with E-state index in [4.69, 9.17) is 21.3 Å². The summed E-state index contributed by atoms with van der Waals surface area (Å²) in [6, 6.07) is 9.47. The van der Waals surface area contributed by atoms with Gasteiger partial charge in [0.1, 0.15) is 11.9 Å². The molecule has 2 amide bonds. The zero-order chi connectivity index (χ0) is 22.4. The van der Waals surface area contributed by atoms with Crippen molar-refractivity contribution in [3.63, 3.8) is 0 Å². The number of imidazole rings is 1. The Morgan fingerprint density at radius 2 is 1.91 bits per heavy atom. The Labute approximate surface area is 187 Å². The first kappa shape index (κ1) is 19.3. The maximum absolute atomic E-state index is 13.7. The Kier molecular flexibility index (Phi) is 3.79. The predicted molar refractivity (Wildman–Crippen MR) is 123 cm³/mol. The standard InChI is InChI=1S/C24H19ClN4O3/c1-24(2,3)32-23(31)28-9-8-15-20(22(28)30)18-13-10-12(25)4-7-17(13)29-11-26-16-6-5-14(27-15)19(18)21(16)29/h4-7,10-11H,8-9H2,1-3H3. The Bertz CT molecular complexity index is 1600. The van der Waals surface area contributed by atoms with Crippen LogP contribution in [0.4, 0.5) is 4.79 Å². The molecule has 160 valence electrons. The number of aromatic nitrogens is 3. The lowest BCUT2D eigenvalue weighted by Gasteiger charge is -2.30. The zero-order valence-electron chi connectivity index (χ0n) is 17.8. The van der Waals surface area contributed by atoms with Crippen molar-refractivity contribution in [1.82, 2.24) is 19.3 Å². The van der Waals surface area contributed by atoms with Crippen molar-refractivity contribution in [2.24, 2.45) is 0 Å². The van der Waals surface area contributed by atoms with E-state index in [1.807, 2.05) is 34.7 Å². The van der Waals surface area contributed by atoms with E-state index in [0.717, 1.165) is 38.2 Å². The molecule has 32 heavy (non-hydrogen) atoms. The first-order chi connectivity index (χ1) is 15.2. The van der Waals surface area contributed by atoms with Gasteiger partial charge in [-0.2, -0.15) is 0 Å². The van der Waals surface area contributed by atoms with Crippen molar-refractivity contribution < 1.29 is 14.3 Å². The quantitative estimate of drug-likeness (QED) is 0.241. The average Bonchev–Trinajstić information content (AvgIpc) is 3.16. The van der Waals surface area contributed by atoms with E-state index in [2.05, 4.69) is 4.98 Å². The van der Waals surface area contributed by atoms with E-state index < -0.39 is 17.6 Å². The molecule has 0 bridgehead atoms. The molecule has 0 fully saturated rings. The zero-order valence-corrected chi connectivity index (χ0v) is 18.5. The number of carbonyl (C=O) groups is 2. The summed E-state index contributed by atoms with van der Waals surface area (Å²) in [5.74, 6) is -0.402. The van der Waals surface area contributed by atoms with Crippen molar-refractivity contribution >= 4 is 61.8 Å². The first-order valence-corrected chi connectivity index (χ1v) is 10.8. The highest BCUT2D eigenvalue weighted by Crippen LogP contribution is 2.40. The third-order valence-electron chi connectivity index (χ3n) is 5.86. The molecule has 4 heterocycles. The fourth-order valence-corrected chi connectivity index (χ4v) is 4.80. The van der Waals surface area contributed by atoms with Crippen LogP contribution in [-0.4, -0.2) is 43.4 Å². The minimum Gasteiger partial charge on any atom is -0.443 e. The van der Waals surface area contributed by atoms with Gasteiger partial charge in [0.05, 0.1) is 33.3 Å². The molecule has 2 aromatic carbocycles. The molecule has 0 N–H and O–H groups in total. The molecule has 0 aliphatic carbocycles. The van der Waals surface area contributed by atoms with Gasteiger partial charge in [-0.3, -0.25) is 14.2 Å². The fraction of sp³-hybridized carbons (Fsp3) is 0.250. The van der Waals surface area contributed by atoms with E-state index in [1.54, 1.807) is 27.1 Å². The Morgan fingerprint density at radius 1 is 1.12 bits per heavy atom. The van der Waals surface area contributed by atoms with Crippen LogP contribution in [0, 0.1) is 0 Å². The van der Waals surface area contributed by atoms with Crippen LogP contribution in [0.25, 0.3) is 38.2 Å². The Balaban J connectivity index is 1.72. The number of benzene rings is 2. The summed E-state index contributed by atoms with van der Waals surface area (Å²) < 4.78 is 7.50. The number of imide groups is 1. The summed E-state index contributed by atoms with van der Waals surface area (Å²) >= 11 is 6.38. The molecule has 3 aromatic heterocycles. The molecule has 0 unspecified atom stereocenters. The van der Waals surface area contributed by atoms with Gasteiger partial charge in [0.25, 0.3) is 5.91 Å². The molecular formula is C24H19ClN4O3. The van der Waals surface area contributed by atoms with Crippen molar-refractivity contribution in [1.29, 1.82) is 0 Å². The number of rotatable bonds is 0. The predicted octanol–water partition coefficient (Wildman–Crippen LogP) is 5.21. The molecule has 1 aliphatic heterocycles. The average molecular weight is 447 g/mol. The number of ether oxygens (including phenoxy) is 1. The van der Waals surface area contributed by atoms with Gasteiger partial charge in [-0.15, -0.1) is 0 Å².